The lowest BCUT2D eigenvalue weighted by Gasteiger charge is -2.08. The summed E-state index contributed by atoms with van der Waals surface area (Å²) in [4.78, 5) is 11.0. The third-order valence-corrected chi connectivity index (χ3v) is 2.38. The molecule has 0 saturated heterocycles. The summed E-state index contributed by atoms with van der Waals surface area (Å²) in [6, 6.07) is 0. The summed E-state index contributed by atoms with van der Waals surface area (Å²) in [5.41, 5.74) is 2.16. The van der Waals surface area contributed by atoms with E-state index >= 15 is 0 Å². The van der Waals surface area contributed by atoms with Crippen LogP contribution in [0, 0.1) is 12.8 Å². The van der Waals surface area contributed by atoms with Gasteiger partial charge in [-0.3, -0.25) is 9.48 Å². The molecule has 1 rings (SSSR count). The van der Waals surface area contributed by atoms with E-state index in [2.05, 4.69) is 30.8 Å². The highest BCUT2D eigenvalue weighted by atomic mass is 16.1. The summed E-state index contributed by atoms with van der Waals surface area (Å²) in [6.07, 6.45) is 3.08. The standard InChI is InChI=1S/C12H19N3O/c1-5-12(16)13-6-11-7-14-15(10(11)4)8-9(2)3/h5,7,9H,1,6,8H2,2-4H3,(H,13,16). The van der Waals surface area contributed by atoms with Crippen molar-refractivity contribution < 1.29 is 4.79 Å². The third kappa shape index (κ3) is 3.22. The Morgan fingerprint density at radius 1 is 1.69 bits per heavy atom. The van der Waals surface area contributed by atoms with Gasteiger partial charge in [0.25, 0.3) is 0 Å². The van der Waals surface area contributed by atoms with Gasteiger partial charge in [0, 0.05) is 24.3 Å². The molecule has 0 spiro atoms. The first kappa shape index (κ1) is 12.5. The zero-order valence-corrected chi connectivity index (χ0v) is 10.2. The van der Waals surface area contributed by atoms with E-state index in [9.17, 15) is 4.79 Å². The molecule has 0 bridgehead atoms. The van der Waals surface area contributed by atoms with Crippen LogP contribution >= 0.6 is 0 Å². The van der Waals surface area contributed by atoms with Crippen LogP contribution in [0.25, 0.3) is 0 Å². The molecule has 88 valence electrons. The lowest BCUT2D eigenvalue weighted by Crippen LogP contribution is -2.20. The maximum Gasteiger partial charge on any atom is 0.243 e. The van der Waals surface area contributed by atoms with Gasteiger partial charge in [-0.25, -0.2) is 0 Å². The second kappa shape index (κ2) is 5.49. The van der Waals surface area contributed by atoms with Crippen molar-refractivity contribution in [3.63, 3.8) is 0 Å². The fraction of sp³-hybridized carbons (Fsp3) is 0.500. The number of hydrogen-bond donors (Lipinski definition) is 1. The van der Waals surface area contributed by atoms with Crippen molar-refractivity contribution in [2.24, 2.45) is 5.92 Å². The molecular weight excluding hydrogens is 202 g/mol. The van der Waals surface area contributed by atoms with Crippen LogP contribution in [0.1, 0.15) is 25.1 Å². The molecule has 0 fully saturated rings. The second-order valence-corrected chi connectivity index (χ2v) is 4.25. The van der Waals surface area contributed by atoms with Crippen LogP contribution in [-0.2, 0) is 17.9 Å². The summed E-state index contributed by atoms with van der Waals surface area (Å²) in [7, 11) is 0. The Kier molecular flexibility index (Phi) is 4.28. The Bertz CT molecular complexity index is 380. The zero-order chi connectivity index (χ0) is 12.1. The van der Waals surface area contributed by atoms with Crippen molar-refractivity contribution in [1.29, 1.82) is 0 Å². The Labute approximate surface area is 96.3 Å². The minimum absolute atomic E-state index is 0.156. The highest BCUT2D eigenvalue weighted by Crippen LogP contribution is 2.09. The molecule has 1 aromatic heterocycles. The van der Waals surface area contributed by atoms with Crippen molar-refractivity contribution in [2.45, 2.75) is 33.9 Å². The van der Waals surface area contributed by atoms with E-state index in [1.807, 2.05) is 11.6 Å². The molecule has 1 aromatic rings. The number of aromatic nitrogens is 2. The van der Waals surface area contributed by atoms with Crippen LogP contribution in [0.2, 0.25) is 0 Å². The monoisotopic (exact) mass is 221 g/mol. The molecule has 16 heavy (non-hydrogen) atoms. The molecule has 0 aromatic carbocycles. The van der Waals surface area contributed by atoms with Crippen LogP contribution in [0.15, 0.2) is 18.9 Å². The van der Waals surface area contributed by atoms with Gasteiger partial charge in [0.1, 0.15) is 0 Å². The largest absolute Gasteiger partial charge is 0.348 e. The van der Waals surface area contributed by atoms with Crippen LogP contribution < -0.4 is 5.32 Å². The van der Waals surface area contributed by atoms with E-state index in [0.717, 1.165) is 17.8 Å². The van der Waals surface area contributed by atoms with Crippen LogP contribution in [0.4, 0.5) is 0 Å². The highest BCUT2D eigenvalue weighted by Gasteiger charge is 2.07. The Morgan fingerprint density at radius 3 is 2.94 bits per heavy atom. The molecule has 4 nitrogen and oxygen atoms in total. The highest BCUT2D eigenvalue weighted by molar-refractivity contribution is 5.86. The van der Waals surface area contributed by atoms with E-state index in [4.69, 9.17) is 0 Å². The zero-order valence-electron chi connectivity index (χ0n) is 10.2. The maximum absolute atomic E-state index is 11.0. The van der Waals surface area contributed by atoms with Crippen molar-refractivity contribution >= 4 is 5.91 Å². The summed E-state index contributed by atoms with van der Waals surface area (Å²) in [5.74, 6) is 0.408. The van der Waals surface area contributed by atoms with Crippen molar-refractivity contribution in [3.8, 4) is 0 Å². The predicted octanol–water partition coefficient (Wildman–Crippen LogP) is 1.65. The van der Waals surface area contributed by atoms with E-state index < -0.39 is 0 Å². The number of carbonyl (C=O) groups is 1. The first-order valence-corrected chi connectivity index (χ1v) is 5.46. The molecule has 0 radical (unpaired) electrons. The van der Waals surface area contributed by atoms with E-state index in [0.29, 0.717) is 12.5 Å². The molecule has 0 saturated carbocycles. The summed E-state index contributed by atoms with van der Waals surface area (Å²) in [5, 5.41) is 7.04. The lowest BCUT2D eigenvalue weighted by molar-refractivity contribution is -0.116. The van der Waals surface area contributed by atoms with Crippen LogP contribution in [-0.4, -0.2) is 15.7 Å². The average molecular weight is 221 g/mol. The molecule has 0 atom stereocenters. The third-order valence-electron chi connectivity index (χ3n) is 2.38. The minimum atomic E-state index is -0.156. The maximum atomic E-state index is 11.0. The second-order valence-electron chi connectivity index (χ2n) is 4.25. The van der Waals surface area contributed by atoms with Crippen molar-refractivity contribution in [3.05, 3.63) is 30.1 Å². The fourth-order valence-corrected chi connectivity index (χ4v) is 1.44. The lowest BCUT2D eigenvalue weighted by atomic mass is 10.2. The topological polar surface area (TPSA) is 46.9 Å². The van der Waals surface area contributed by atoms with Gasteiger partial charge in [0.15, 0.2) is 0 Å². The summed E-state index contributed by atoms with van der Waals surface area (Å²) < 4.78 is 1.97. The van der Waals surface area contributed by atoms with Gasteiger partial charge in [-0.15, -0.1) is 0 Å². The van der Waals surface area contributed by atoms with Gasteiger partial charge in [-0.2, -0.15) is 5.10 Å². The molecule has 1 amide bonds. The normalized spacial score (nSPS) is 10.5. The van der Waals surface area contributed by atoms with E-state index in [-0.39, 0.29) is 5.91 Å². The Morgan fingerprint density at radius 2 is 2.38 bits per heavy atom. The summed E-state index contributed by atoms with van der Waals surface area (Å²) >= 11 is 0. The number of nitrogens with one attached hydrogen (secondary N) is 1. The minimum Gasteiger partial charge on any atom is -0.348 e. The Hall–Kier alpha value is -1.58. The number of nitrogens with zero attached hydrogens (tertiary/aromatic N) is 2. The molecule has 1 heterocycles. The quantitative estimate of drug-likeness (QED) is 0.768. The number of carbonyl (C=O) groups excluding carboxylic acids is 1. The molecule has 0 aliphatic rings. The van der Waals surface area contributed by atoms with Gasteiger partial charge < -0.3 is 5.32 Å². The van der Waals surface area contributed by atoms with Crippen molar-refractivity contribution in [1.82, 2.24) is 15.1 Å². The average Bonchev–Trinajstić information content (AvgIpc) is 2.56. The molecule has 0 aliphatic carbocycles. The Balaban J connectivity index is 2.64. The van der Waals surface area contributed by atoms with Crippen LogP contribution in [0.5, 0.6) is 0 Å². The van der Waals surface area contributed by atoms with Gasteiger partial charge in [-0.05, 0) is 18.9 Å². The fourth-order valence-electron chi connectivity index (χ4n) is 1.44. The first-order valence-electron chi connectivity index (χ1n) is 5.46. The SMILES string of the molecule is C=CC(=O)NCc1cnn(CC(C)C)c1C. The molecule has 4 heteroatoms. The molecule has 0 unspecified atom stereocenters. The molecular formula is C12H19N3O. The number of amides is 1. The molecule has 1 N–H and O–H groups in total. The summed E-state index contributed by atoms with van der Waals surface area (Å²) in [6.45, 7) is 11.1. The van der Waals surface area contributed by atoms with Gasteiger partial charge in [0.05, 0.1) is 6.20 Å². The smallest absolute Gasteiger partial charge is 0.243 e. The van der Waals surface area contributed by atoms with Crippen molar-refractivity contribution in [2.75, 3.05) is 0 Å². The van der Waals surface area contributed by atoms with Gasteiger partial charge in [-0.1, -0.05) is 20.4 Å². The molecule has 0 aliphatic heterocycles. The van der Waals surface area contributed by atoms with Gasteiger partial charge >= 0.3 is 0 Å². The van der Waals surface area contributed by atoms with E-state index in [1.54, 1.807) is 6.20 Å². The first-order chi connectivity index (χ1) is 7.54. The number of rotatable bonds is 5. The van der Waals surface area contributed by atoms with E-state index in [1.165, 1.54) is 6.08 Å². The van der Waals surface area contributed by atoms with Crippen LogP contribution in [0.3, 0.4) is 0 Å². The predicted molar refractivity (Wildman–Crippen MR) is 63.8 cm³/mol. The van der Waals surface area contributed by atoms with Gasteiger partial charge in [0.2, 0.25) is 5.91 Å². The number of hydrogen-bond acceptors (Lipinski definition) is 2.